The molecule has 0 saturated carbocycles. The number of methoxy groups -OCH3 is 2. The predicted molar refractivity (Wildman–Crippen MR) is 93.3 cm³/mol. The van der Waals surface area contributed by atoms with Crippen molar-refractivity contribution in [1.29, 1.82) is 5.26 Å². The van der Waals surface area contributed by atoms with E-state index in [4.69, 9.17) is 21.7 Å². The van der Waals surface area contributed by atoms with Crippen LogP contribution in [0.15, 0.2) is 29.5 Å². The number of nitriles is 1. The Balaban J connectivity index is 2.57. The Bertz CT molecular complexity index is 699. The summed E-state index contributed by atoms with van der Waals surface area (Å²) < 4.78 is 10.6. The molecule has 1 aliphatic heterocycles. The highest BCUT2D eigenvalue weighted by molar-refractivity contribution is 7.80. The second-order valence-electron chi connectivity index (χ2n) is 6.30. The number of hydrogen-bond donors (Lipinski definition) is 2. The number of hydrogen-bond acceptors (Lipinski definition) is 4. The van der Waals surface area contributed by atoms with Gasteiger partial charge in [0, 0.05) is 11.1 Å². The fourth-order valence-corrected chi connectivity index (χ4v) is 2.78. The van der Waals surface area contributed by atoms with E-state index in [-0.39, 0.29) is 11.5 Å². The van der Waals surface area contributed by atoms with Gasteiger partial charge in [-0.3, -0.25) is 0 Å². The molecule has 0 fully saturated rings. The molecule has 1 aromatic carbocycles. The standard InChI is InChI=1S/C17H21N3O2S/c1-17(2,3)15-11(9-18)14(19-16(23)20-15)10-6-7-12(21-4)13(8-10)22-5/h6-8,14H,1-5H3,(H2,19,20,23)/t14-/m0/s1. The van der Waals surface area contributed by atoms with Gasteiger partial charge < -0.3 is 20.1 Å². The molecule has 6 heteroatoms. The maximum Gasteiger partial charge on any atom is 0.171 e. The average molecular weight is 331 g/mol. The Hall–Kier alpha value is -2.26. The molecule has 122 valence electrons. The van der Waals surface area contributed by atoms with Crippen LogP contribution >= 0.6 is 12.2 Å². The summed E-state index contributed by atoms with van der Waals surface area (Å²) in [6.07, 6.45) is 0. The molecule has 0 spiro atoms. The third-order valence-electron chi connectivity index (χ3n) is 3.68. The molecule has 0 aromatic heterocycles. The summed E-state index contributed by atoms with van der Waals surface area (Å²) in [6.45, 7) is 6.14. The van der Waals surface area contributed by atoms with Gasteiger partial charge in [-0.25, -0.2) is 0 Å². The lowest BCUT2D eigenvalue weighted by molar-refractivity contribution is 0.354. The van der Waals surface area contributed by atoms with Gasteiger partial charge >= 0.3 is 0 Å². The van der Waals surface area contributed by atoms with Crippen molar-refractivity contribution in [1.82, 2.24) is 10.6 Å². The average Bonchev–Trinajstić information content (AvgIpc) is 2.52. The minimum Gasteiger partial charge on any atom is -0.493 e. The summed E-state index contributed by atoms with van der Waals surface area (Å²) in [5.74, 6) is 1.26. The molecule has 0 aliphatic carbocycles. The van der Waals surface area contributed by atoms with Gasteiger partial charge in [0.15, 0.2) is 16.6 Å². The third kappa shape index (κ3) is 3.40. The molecule has 1 heterocycles. The van der Waals surface area contributed by atoms with Crippen molar-refractivity contribution in [2.75, 3.05) is 14.2 Å². The highest BCUT2D eigenvalue weighted by Crippen LogP contribution is 2.37. The molecule has 2 N–H and O–H groups in total. The number of ether oxygens (including phenoxy) is 2. The van der Waals surface area contributed by atoms with Gasteiger partial charge in [0.05, 0.1) is 31.9 Å². The van der Waals surface area contributed by atoms with E-state index in [1.165, 1.54) is 0 Å². The van der Waals surface area contributed by atoms with Crippen LogP contribution in [0.3, 0.4) is 0 Å². The lowest BCUT2D eigenvalue weighted by atomic mass is 9.84. The maximum absolute atomic E-state index is 9.68. The minimum absolute atomic E-state index is 0.216. The normalized spacial score (nSPS) is 17.9. The Kier molecular flexibility index (Phi) is 4.81. The lowest BCUT2D eigenvalue weighted by Crippen LogP contribution is -2.46. The molecular formula is C17H21N3O2S. The van der Waals surface area contributed by atoms with Crippen LogP contribution in [-0.2, 0) is 0 Å². The van der Waals surface area contributed by atoms with E-state index < -0.39 is 0 Å². The topological polar surface area (TPSA) is 66.3 Å². The smallest absolute Gasteiger partial charge is 0.171 e. The Morgan fingerprint density at radius 1 is 1.17 bits per heavy atom. The van der Waals surface area contributed by atoms with Crippen LogP contribution in [0.5, 0.6) is 11.5 Å². The zero-order valence-electron chi connectivity index (χ0n) is 14.0. The van der Waals surface area contributed by atoms with Crippen molar-refractivity contribution >= 4 is 17.3 Å². The van der Waals surface area contributed by atoms with Gasteiger partial charge in [-0.05, 0) is 29.9 Å². The largest absolute Gasteiger partial charge is 0.493 e. The Morgan fingerprint density at radius 2 is 1.83 bits per heavy atom. The second kappa shape index (κ2) is 6.47. The zero-order chi connectivity index (χ0) is 17.2. The van der Waals surface area contributed by atoms with Gasteiger partial charge in [-0.2, -0.15) is 5.26 Å². The number of nitrogens with one attached hydrogen (secondary N) is 2. The minimum atomic E-state index is -0.317. The summed E-state index contributed by atoms with van der Waals surface area (Å²) in [7, 11) is 3.18. The first kappa shape index (κ1) is 17.1. The molecule has 0 radical (unpaired) electrons. The van der Waals surface area contributed by atoms with Crippen LogP contribution in [-0.4, -0.2) is 19.3 Å². The maximum atomic E-state index is 9.68. The van der Waals surface area contributed by atoms with Crippen molar-refractivity contribution in [3.8, 4) is 17.6 Å². The molecule has 0 bridgehead atoms. The third-order valence-corrected chi connectivity index (χ3v) is 3.90. The Morgan fingerprint density at radius 3 is 2.35 bits per heavy atom. The summed E-state index contributed by atoms with van der Waals surface area (Å²) in [4.78, 5) is 0. The molecule has 1 aliphatic rings. The van der Waals surface area contributed by atoms with Crippen LogP contribution < -0.4 is 20.1 Å². The van der Waals surface area contributed by atoms with Crippen molar-refractivity contribution in [3.63, 3.8) is 0 Å². The quantitative estimate of drug-likeness (QED) is 0.830. The number of allylic oxidation sites excluding steroid dienone is 1. The summed E-state index contributed by atoms with van der Waals surface area (Å²) in [5.41, 5.74) is 2.14. The van der Waals surface area contributed by atoms with Gasteiger partial charge in [0.2, 0.25) is 0 Å². The lowest BCUT2D eigenvalue weighted by Gasteiger charge is -2.35. The van der Waals surface area contributed by atoms with E-state index in [0.29, 0.717) is 22.2 Å². The first-order valence-corrected chi connectivity index (χ1v) is 7.66. The number of thiocarbonyl (C=S) groups is 1. The zero-order valence-corrected chi connectivity index (χ0v) is 14.8. The van der Waals surface area contributed by atoms with E-state index in [9.17, 15) is 5.26 Å². The summed E-state index contributed by atoms with van der Waals surface area (Å²) in [5, 5.41) is 16.5. The molecule has 0 unspecified atom stereocenters. The second-order valence-corrected chi connectivity index (χ2v) is 6.70. The fourth-order valence-electron chi connectivity index (χ4n) is 2.56. The van der Waals surface area contributed by atoms with Crippen LogP contribution in [0, 0.1) is 16.7 Å². The van der Waals surface area contributed by atoms with Crippen LogP contribution in [0.25, 0.3) is 0 Å². The van der Waals surface area contributed by atoms with E-state index in [0.717, 1.165) is 11.3 Å². The van der Waals surface area contributed by atoms with Crippen LogP contribution in [0.2, 0.25) is 0 Å². The van der Waals surface area contributed by atoms with E-state index in [2.05, 4.69) is 16.7 Å². The summed E-state index contributed by atoms with van der Waals surface area (Å²) in [6, 6.07) is 7.60. The molecule has 1 aromatic rings. The SMILES string of the molecule is COc1ccc([C@@H]2NC(=S)NC(C(C)(C)C)=C2C#N)cc1OC. The fraction of sp³-hybridized carbons (Fsp3) is 0.412. The molecule has 0 amide bonds. The van der Waals surface area contributed by atoms with E-state index in [1.807, 2.05) is 39.0 Å². The number of rotatable bonds is 3. The van der Waals surface area contributed by atoms with Crippen molar-refractivity contribution in [3.05, 3.63) is 35.0 Å². The molecule has 5 nitrogen and oxygen atoms in total. The van der Waals surface area contributed by atoms with Crippen LogP contribution in [0.4, 0.5) is 0 Å². The molecule has 0 saturated heterocycles. The monoisotopic (exact) mass is 331 g/mol. The van der Waals surface area contributed by atoms with Crippen molar-refractivity contribution < 1.29 is 9.47 Å². The van der Waals surface area contributed by atoms with Crippen molar-refractivity contribution in [2.45, 2.75) is 26.8 Å². The highest BCUT2D eigenvalue weighted by atomic mass is 32.1. The molecular weight excluding hydrogens is 310 g/mol. The van der Waals surface area contributed by atoms with Gasteiger partial charge in [0.1, 0.15) is 0 Å². The molecule has 2 rings (SSSR count). The van der Waals surface area contributed by atoms with Crippen LogP contribution in [0.1, 0.15) is 32.4 Å². The van der Waals surface area contributed by atoms with Gasteiger partial charge in [0.25, 0.3) is 0 Å². The molecule has 1 atom stereocenters. The van der Waals surface area contributed by atoms with E-state index >= 15 is 0 Å². The first-order valence-electron chi connectivity index (χ1n) is 7.26. The Labute approximate surface area is 142 Å². The first-order chi connectivity index (χ1) is 10.8. The van der Waals surface area contributed by atoms with Gasteiger partial charge in [-0.1, -0.05) is 26.8 Å². The number of nitrogens with zero attached hydrogens (tertiary/aromatic N) is 1. The van der Waals surface area contributed by atoms with E-state index in [1.54, 1.807) is 14.2 Å². The molecule has 23 heavy (non-hydrogen) atoms. The summed E-state index contributed by atoms with van der Waals surface area (Å²) >= 11 is 5.32. The highest BCUT2D eigenvalue weighted by Gasteiger charge is 2.32. The van der Waals surface area contributed by atoms with Crippen molar-refractivity contribution in [2.24, 2.45) is 5.41 Å². The predicted octanol–water partition coefficient (Wildman–Crippen LogP) is 3.05. The number of benzene rings is 1. The van der Waals surface area contributed by atoms with Gasteiger partial charge in [-0.15, -0.1) is 0 Å².